The molecule has 8 saturated carbocycles. The van der Waals surface area contributed by atoms with Gasteiger partial charge in [-0.05, 0) is 114 Å². The SMILES string of the molecule is C=C(C)C(=O)OC12CC3CC(C1)CC(C(=O)OC(C)OC14CC5CC(CC(C5)C1)C4)(C3)C2. The van der Waals surface area contributed by atoms with Crippen LogP contribution in [0.5, 0.6) is 0 Å². The number of esters is 2. The van der Waals surface area contributed by atoms with E-state index in [-0.39, 0.29) is 17.5 Å². The summed E-state index contributed by atoms with van der Waals surface area (Å²) in [4.78, 5) is 26.0. The molecular formula is C27H38O5. The molecule has 0 saturated heterocycles. The number of rotatable bonds is 6. The van der Waals surface area contributed by atoms with Crippen molar-refractivity contribution in [1.29, 1.82) is 0 Å². The van der Waals surface area contributed by atoms with Crippen molar-refractivity contribution in [3.63, 3.8) is 0 Å². The fourth-order valence-corrected chi connectivity index (χ4v) is 9.65. The molecule has 0 aromatic heterocycles. The lowest BCUT2D eigenvalue weighted by atomic mass is 9.48. The van der Waals surface area contributed by atoms with E-state index in [4.69, 9.17) is 14.2 Å². The van der Waals surface area contributed by atoms with Crippen molar-refractivity contribution >= 4 is 11.9 Å². The monoisotopic (exact) mass is 442 g/mol. The molecule has 8 fully saturated rings. The van der Waals surface area contributed by atoms with E-state index in [2.05, 4.69) is 6.58 Å². The fourth-order valence-electron chi connectivity index (χ4n) is 9.65. The van der Waals surface area contributed by atoms with E-state index in [0.29, 0.717) is 23.8 Å². The standard InChI is InChI=1S/C27H38O5/c1-16(2)23(28)32-27-13-21-7-22(14-27)9-25(8-21,15-27)24(29)30-17(3)31-26-10-18-4-19(11-26)6-20(5-18)12-26/h17-22H,1,4-15H2,2-3H3. The Morgan fingerprint density at radius 2 is 1.31 bits per heavy atom. The van der Waals surface area contributed by atoms with Crippen molar-refractivity contribution in [2.45, 2.75) is 108 Å². The summed E-state index contributed by atoms with van der Waals surface area (Å²) in [6.07, 6.45) is 12.2. The number of carbonyl (C=O) groups excluding carboxylic acids is 2. The van der Waals surface area contributed by atoms with E-state index in [1.54, 1.807) is 6.92 Å². The second-order valence-corrected chi connectivity index (χ2v) is 12.8. The first-order chi connectivity index (χ1) is 15.2. The zero-order valence-electron chi connectivity index (χ0n) is 19.7. The molecule has 8 aliphatic carbocycles. The molecule has 0 heterocycles. The van der Waals surface area contributed by atoms with Crippen molar-refractivity contribution < 1.29 is 23.8 Å². The van der Waals surface area contributed by atoms with Gasteiger partial charge >= 0.3 is 11.9 Å². The minimum Gasteiger partial charge on any atom is -0.456 e. The summed E-state index contributed by atoms with van der Waals surface area (Å²) >= 11 is 0. The van der Waals surface area contributed by atoms with E-state index in [1.165, 1.54) is 19.3 Å². The molecule has 3 unspecified atom stereocenters. The van der Waals surface area contributed by atoms with Crippen molar-refractivity contribution in [3.05, 3.63) is 12.2 Å². The topological polar surface area (TPSA) is 61.8 Å². The van der Waals surface area contributed by atoms with Gasteiger partial charge in [-0.3, -0.25) is 4.79 Å². The molecule has 3 atom stereocenters. The van der Waals surface area contributed by atoms with Crippen molar-refractivity contribution in [1.82, 2.24) is 0 Å². The predicted octanol–water partition coefficient (Wildman–Crippen LogP) is 5.32. The summed E-state index contributed by atoms with van der Waals surface area (Å²) < 4.78 is 18.6. The average Bonchev–Trinajstić information content (AvgIpc) is 2.64. The second kappa shape index (κ2) is 7.07. The molecule has 0 aromatic rings. The highest BCUT2D eigenvalue weighted by molar-refractivity contribution is 5.87. The maximum Gasteiger partial charge on any atom is 0.333 e. The summed E-state index contributed by atoms with van der Waals surface area (Å²) in [7, 11) is 0. The molecular weight excluding hydrogens is 404 g/mol. The first-order valence-electron chi connectivity index (χ1n) is 12.9. The van der Waals surface area contributed by atoms with E-state index in [1.807, 2.05) is 6.92 Å². The summed E-state index contributed by atoms with van der Waals surface area (Å²) in [6, 6.07) is 0. The lowest BCUT2D eigenvalue weighted by Crippen LogP contribution is -2.60. The Hall–Kier alpha value is -1.36. The van der Waals surface area contributed by atoms with Gasteiger partial charge < -0.3 is 14.2 Å². The Kier molecular flexibility index (Phi) is 4.68. The third-order valence-electron chi connectivity index (χ3n) is 9.77. The summed E-state index contributed by atoms with van der Waals surface area (Å²) in [5, 5.41) is 0. The molecule has 0 N–H and O–H groups in total. The highest BCUT2D eigenvalue weighted by Gasteiger charge is 2.63. The van der Waals surface area contributed by atoms with Gasteiger partial charge in [0, 0.05) is 12.0 Å². The molecule has 0 spiro atoms. The van der Waals surface area contributed by atoms with Crippen molar-refractivity contribution in [2.24, 2.45) is 35.0 Å². The quantitative estimate of drug-likeness (QED) is 0.316. The number of carbonyl (C=O) groups is 2. The smallest absolute Gasteiger partial charge is 0.333 e. The normalized spacial score (nSPS) is 48.5. The second-order valence-electron chi connectivity index (χ2n) is 12.8. The maximum atomic E-state index is 13.6. The Morgan fingerprint density at radius 3 is 1.84 bits per heavy atom. The first-order valence-corrected chi connectivity index (χ1v) is 12.9. The van der Waals surface area contributed by atoms with Crippen LogP contribution in [-0.2, 0) is 23.8 Å². The molecule has 8 bridgehead atoms. The van der Waals surface area contributed by atoms with Crippen LogP contribution in [0, 0.1) is 35.0 Å². The van der Waals surface area contributed by atoms with Gasteiger partial charge in [0.2, 0.25) is 6.29 Å². The zero-order valence-corrected chi connectivity index (χ0v) is 19.7. The minimum atomic E-state index is -0.529. The van der Waals surface area contributed by atoms with Crippen LogP contribution in [0.15, 0.2) is 12.2 Å². The number of hydrogen-bond donors (Lipinski definition) is 0. The predicted molar refractivity (Wildman–Crippen MR) is 118 cm³/mol. The molecule has 0 amide bonds. The van der Waals surface area contributed by atoms with Crippen LogP contribution in [0.25, 0.3) is 0 Å². The largest absolute Gasteiger partial charge is 0.456 e. The van der Waals surface area contributed by atoms with Crippen LogP contribution in [-0.4, -0.2) is 29.4 Å². The van der Waals surface area contributed by atoms with E-state index >= 15 is 0 Å². The molecule has 5 nitrogen and oxygen atoms in total. The first kappa shape index (κ1) is 21.2. The third kappa shape index (κ3) is 3.45. The van der Waals surface area contributed by atoms with Gasteiger partial charge in [-0.1, -0.05) is 6.58 Å². The van der Waals surface area contributed by atoms with Gasteiger partial charge in [0.15, 0.2) is 0 Å². The van der Waals surface area contributed by atoms with Gasteiger partial charge in [0.1, 0.15) is 5.60 Å². The molecule has 5 heteroatoms. The maximum absolute atomic E-state index is 13.6. The average molecular weight is 443 g/mol. The molecule has 8 rings (SSSR count). The van der Waals surface area contributed by atoms with E-state index in [9.17, 15) is 9.59 Å². The molecule has 0 radical (unpaired) electrons. The molecule has 176 valence electrons. The number of ether oxygens (including phenoxy) is 3. The Labute approximate surface area is 191 Å². The van der Waals surface area contributed by atoms with Gasteiger partial charge in [0.05, 0.1) is 11.0 Å². The van der Waals surface area contributed by atoms with Gasteiger partial charge in [-0.2, -0.15) is 0 Å². The van der Waals surface area contributed by atoms with Crippen molar-refractivity contribution in [2.75, 3.05) is 0 Å². The van der Waals surface area contributed by atoms with E-state index in [0.717, 1.165) is 69.1 Å². The Balaban J connectivity index is 1.15. The van der Waals surface area contributed by atoms with Crippen LogP contribution in [0.2, 0.25) is 0 Å². The van der Waals surface area contributed by atoms with Crippen LogP contribution in [0.4, 0.5) is 0 Å². The summed E-state index contributed by atoms with van der Waals surface area (Å²) in [5.74, 6) is 2.82. The Bertz CT molecular complexity index is 794. The van der Waals surface area contributed by atoms with Gasteiger partial charge in [0.25, 0.3) is 0 Å². The van der Waals surface area contributed by atoms with Crippen LogP contribution < -0.4 is 0 Å². The molecule has 0 aromatic carbocycles. The summed E-state index contributed by atoms with van der Waals surface area (Å²) in [5.41, 5.74) is -0.703. The molecule has 8 aliphatic rings. The Morgan fingerprint density at radius 1 is 0.812 bits per heavy atom. The molecule has 0 aliphatic heterocycles. The summed E-state index contributed by atoms with van der Waals surface area (Å²) in [6.45, 7) is 7.35. The number of hydrogen-bond acceptors (Lipinski definition) is 5. The van der Waals surface area contributed by atoms with E-state index < -0.39 is 17.3 Å². The van der Waals surface area contributed by atoms with Crippen molar-refractivity contribution in [3.8, 4) is 0 Å². The van der Waals surface area contributed by atoms with Crippen LogP contribution in [0.1, 0.15) is 90.9 Å². The van der Waals surface area contributed by atoms with Crippen LogP contribution in [0.3, 0.4) is 0 Å². The van der Waals surface area contributed by atoms with Crippen LogP contribution >= 0.6 is 0 Å². The highest BCUT2D eigenvalue weighted by Crippen LogP contribution is 2.63. The lowest BCUT2D eigenvalue weighted by Gasteiger charge is -2.60. The lowest BCUT2D eigenvalue weighted by molar-refractivity contribution is -0.258. The van der Waals surface area contributed by atoms with Gasteiger partial charge in [-0.25, -0.2) is 4.79 Å². The zero-order chi connectivity index (χ0) is 22.3. The molecule has 32 heavy (non-hydrogen) atoms. The third-order valence-corrected chi connectivity index (χ3v) is 9.77. The highest BCUT2D eigenvalue weighted by atomic mass is 16.7. The van der Waals surface area contributed by atoms with Gasteiger partial charge in [-0.15, -0.1) is 0 Å². The fraction of sp³-hybridized carbons (Fsp3) is 0.852. The minimum absolute atomic E-state index is 0.0752.